The van der Waals surface area contributed by atoms with Crippen LogP contribution in [0.2, 0.25) is 0 Å². The third kappa shape index (κ3) is 4.26. The number of likely N-dealkylation sites (tertiary alicyclic amines) is 2. The summed E-state index contributed by atoms with van der Waals surface area (Å²) in [4.78, 5) is 30.3. The molecule has 0 N–H and O–H groups in total. The molecule has 1 aromatic carbocycles. The maximum absolute atomic E-state index is 13.4. The summed E-state index contributed by atoms with van der Waals surface area (Å²) in [5, 5.41) is 0. The second kappa shape index (κ2) is 9.48. The van der Waals surface area contributed by atoms with E-state index in [-0.39, 0.29) is 23.9 Å². The molecule has 2 fully saturated rings. The van der Waals surface area contributed by atoms with Crippen molar-refractivity contribution in [3.05, 3.63) is 35.4 Å². The van der Waals surface area contributed by atoms with Crippen LogP contribution in [0.4, 0.5) is 0 Å². The summed E-state index contributed by atoms with van der Waals surface area (Å²) in [6.45, 7) is 1.40. The van der Waals surface area contributed by atoms with Gasteiger partial charge in [0.05, 0.1) is 6.04 Å². The molecule has 0 saturated carbocycles. The first-order chi connectivity index (χ1) is 14.6. The van der Waals surface area contributed by atoms with E-state index in [1.807, 2.05) is 9.80 Å². The Bertz CT molecular complexity index is 763. The van der Waals surface area contributed by atoms with Crippen molar-refractivity contribution in [2.24, 2.45) is 5.92 Å². The molecule has 6 nitrogen and oxygen atoms in total. The van der Waals surface area contributed by atoms with E-state index in [4.69, 9.17) is 9.47 Å². The van der Waals surface area contributed by atoms with Crippen LogP contribution in [0.3, 0.4) is 0 Å². The van der Waals surface area contributed by atoms with Gasteiger partial charge in [-0.3, -0.25) is 9.59 Å². The Kier molecular flexibility index (Phi) is 6.74. The average molecular weight is 415 g/mol. The van der Waals surface area contributed by atoms with Crippen LogP contribution in [0.15, 0.2) is 24.3 Å². The lowest BCUT2D eigenvalue weighted by atomic mass is 9.82. The fourth-order valence-corrected chi connectivity index (χ4v) is 5.58. The second-order valence-corrected chi connectivity index (χ2v) is 8.91. The van der Waals surface area contributed by atoms with Crippen LogP contribution in [0.25, 0.3) is 0 Å². The number of fused-ring (bicyclic) bond motifs is 1. The number of hydrogen-bond donors (Lipinski definition) is 0. The van der Waals surface area contributed by atoms with Gasteiger partial charge in [-0.1, -0.05) is 24.3 Å². The molecule has 2 aliphatic heterocycles. The highest BCUT2D eigenvalue weighted by Gasteiger charge is 2.42. The van der Waals surface area contributed by atoms with Gasteiger partial charge < -0.3 is 19.3 Å². The first-order valence-electron chi connectivity index (χ1n) is 11.3. The quantitative estimate of drug-likeness (QED) is 0.672. The molecule has 4 rings (SSSR count). The van der Waals surface area contributed by atoms with Crippen LogP contribution >= 0.6 is 0 Å². The number of hydrogen-bond acceptors (Lipinski definition) is 4. The zero-order valence-corrected chi connectivity index (χ0v) is 18.2. The summed E-state index contributed by atoms with van der Waals surface area (Å²) in [5.41, 5.74) is 2.79. The molecular weight excluding hydrogens is 380 g/mol. The summed E-state index contributed by atoms with van der Waals surface area (Å²) >= 11 is 0. The van der Waals surface area contributed by atoms with Gasteiger partial charge in [0.25, 0.3) is 0 Å². The van der Waals surface area contributed by atoms with Gasteiger partial charge in [0.2, 0.25) is 11.8 Å². The summed E-state index contributed by atoms with van der Waals surface area (Å²) < 4.78 is 10.9. The predicted molar refractivity (Wildman–Crippen MR) is 114 cm³/mol. The highest BCUT2D eigenvalue weighted by atomic mass is 16.7. The van der Waals surface area contributed by atoms with Crippen molar-refractivity contribution in [3.8, 4) is 0 Å². The van der Waals surface area contributed by atoms with E-state index in [1.165, 1.54) is 11.1 Å². The Hall–Kier alpha value is -1.92. The minimum atomic E-state index is -0.413. The number of nitrogens with zero attached hydrogens (tertiary/aromatic N) is 2. The minimum absolute atomic E-state index is 0.0661. The van der Waals surface area contributed by atoms with Gasteiger partial charge in [-0.15, -0.1) is 0 Å². The Balaban J connectivity index is 1.39. The second-order valence-electron chi connectivity index (χ2n) is 8.91. The molecule has 0 bridgehead atoms. The molecule has 0 aromatic heterocycles. The lowest BCUT2D eigenvalue weighted by Crippen LogP contribution is -2.52. The molecule has 6 heteroatoms. The van der Waals surface area contributed by atoms with Gasteiger partial charge in [0.1, 0.15) is 6.04 Å². The third-order valence-corrected chi connectivity index (χ3v) is 7.13. The van der Waals surface area contributed by atoms with Crippen molar-refractivity contribution in [2.45, 2.75) is 69.7 Å². The summed E-state index contributed by atoms with van der Waals surface area (Å²) in [5.74, 6) is 0.576. The Morgan fingerprint density at radius 2 is 1.70 bits per heavy atom. The highest BCUT2D eigenvalue weighted by Crippen LogP contribution is 2.31. The fourth-order valence-electron chi connectivity index (χ4n) is 5.58. The monoisotopic (exact) mass is 414 g/mol. The number of carbonyl (C=O) groups excluding carboxylic acids is 2. The lowest BCUT2D eigenvalue weighted by molar-refractivity contribution is -0.161. The molecule has 30 heavy (non-hydrogen) atoms. The largest absolute Gasteiger partial charge is 0.354 e. The highest BCUT2D eigenvalue weighted by molar-refractivity contribution is 5.88. The van der Waals surface area contributed by atoms with Crippen LogP contribution in [0.1, 0.15) is 49.7 Å². The third-order valence-electron chi connectivity index (χ3n) is 7.13. The minimum Gasteiger partial charge on any atom is -0.354 e. The van der Waals surface area contributed by atoms with E-state index in [9.17, 15) is 9.59 Å². The molecule has 2 saturated heterocycles. The molecular formula is C24H34N2O4. The van der Waals surface area contributed by atoms with Crippen LogP contribution in [-0.4, -0.2) is 67.3 Å². The van der Waals surface area contributed by atoms with Crippen molar-refractivity contribution in [2.75, 3.05) is 27.3 Å². The van der Waals surface area contributed by atoms with Gasteiger partial charge in [0.15, 0.2) is 6.29 Å². The molecule has 2 amide bonds. The molecule has 3 aliphatic rings. The van der Waals surface area contributed by atoms with Crippen molar-refractivity contribution in [3.63, 3.8) is 0 Å². The first-order valence-corrected chi connectivity index (χ1v) is 11.3. The fraction of sp³-hybridized carbons (Fsp3) is 0.667. The summed E-state index contributed by atoms with van der Waals surface area (Å²) in [6, 6.07) is 8.15. The summed E-state index contributed by atoms with van der Waals surface area (Å²) in [6.07, 6.45) is 6.66. The van der Waals surface area contributed by atoms with E-state index < -0.39 is 6.29 Å². The van der Waals surface area contributed by atoms with Gasteiger partial charge in [-0.25, -0.2) is 0 Å². The zero-order valence-electron chi connectivity index (χ0n) is 18.2. The molecule has 164 valence electrons. The smallest absolute Gasteiger partial charge is 0.245 e. The van der Waals surface area contributed by atoms with Gasteiger partial charge in [-0.2, -0.15) is 0 Å². The summed E-state index contributed by atoms with van der Waals surface area (Å²) in [7, 11) is 3.23. The van der Waals surface area contributed by atoms with Crippen LogP contribution in [0, 0.1) is 5.92 Å². The number of amides is 2. The SMILES string of the molecule is COC(OC)C1CCCN1C(=O)[C@@H]1CCCN1C(=O)C[C@H]1CCc2ccccc2C1. The van der Waals surface area contributed by atoms with E-state index in [0.29, 0.717) is 25.4 Å². The normalized spacial score (nSPS) is 26.3. The topological polar surface area (TPSA) is 59.1 Å². The molecule has 0 spiro atoms. The lowest BCUT2D eigenvalue weighted by Gasteiger charge is -2.34. The van der Waals surface area contributed by atoms with Crippen LogP contribution in [0.5, 0.6) is 0 Å². The first kappa shape index (κ1) is 21.3. The molecule has 2 heterocycles. The Morgan fingerprint density at radius 1 is 1.00 bits per heavy atom. The van der Waals surface area contributed by atoms with Crippen molar-refractivity contribution >= 4 is 11.8 Å². The van der Waals surface area contributed by atoms with Crippen LogP contribution in [-0.2, 0) is 31.9 Å². The number of ether oxygens (including phenoxy) is 2. The average Bonchev–Trinajstić information content (AvgIpc) is 3.44. The Morgan fingerprint density at radius 3 is 2.47 bits per heavy atom. The van der Waals surface area contributed by atoms with Crippen molar-refractivity contribution in [1.29, 1.82) is 0 Å². The zero-order chi connectivity index (χ0) is 21.1. The van der Waals surface area contributed by atoms with E-state index in [2.05, 4.69) is 24.3 Å². The predicted octanol–water partition coefficient (Wildman–Crippen LogP) is 2.78. The number of aryl methyl sites for hydroxylation is 1. The van der Waals surface area contributed by atoms with Crippen molar-refractivity contribution in [1.82, 2.24) is 9.80 Å². The number of benzene rings is 1. The van der Waals surface area contributed by atoms with Gasteiger partial charge in [-0.05, 0) is 62.0 Å². The number of carbonyl (C=O) groups is 2. The number of methoxy groups -OCH3 is 2. The maximum atomic E-state index is 13.4. The van der Waals surface area contributed by atoms with Crippen molar-refractivity contribution < 1.29 is 19.1 Å². The molecule has 1 aliphatic carbocycles. The molecule has 3 atom stereocenters. The maximum Gasteiger partial charge on any atom is 0.245 e. The molecule has 0 radical (unpaired) electrons. The Labute approximate surface area is 179 Å². The van der Waals surface area contributed by atoms with E-state index in [0.717, 1.165) is 44.9 Å². The standard InChI is InChI=1S/C24H34N2O4/c1-29-24(30-2)21-10-6-14-26(21)23(28)20-9-5-13-25(20)22(27)16-17-11-12-18-7-3-4-8-19(18)15-17/h3-4,7-8,17,20-21,24H,5-6,9-16H2,1-2H3/t17-,20-,21?/m0/s1. The van der Waals surface area contributed by atoms with Gasteiger partial charge >= 0.3 is 0 Å². The van der Waals surface area contributed by atoms with Crippen LogP contribution < -0.4 is 0 Å². The van der Waals surface area contributed by atoms with E-state index >= 15 is 0 Å². The molecule has 1 aromatic rings. The van der Waals surface area contributed by atoms with Gasteiger partial charge in [0, 0.05) is 33.7 Å². The number of rotatable bonds is 6. The molecule has 1 unspecified atom stereocenters. The van der Waals surface area contributed by atoms with E-state index in [1.54, 1.807) is 14.2 Å².